The summed E-state index contributed by atoms with van der Waals surface area (Å²) in [6.45, 7) is 0.749. The number of ether oxygens (including phenoxy) is 2. The van der Waals surface area contributed by atoms with Gasteiger partial charge in [0.05, 0.1) is 32.1 Å². The quantitative estimate of drug-likeness (QED) is 0.368. The number of halogens is 4. The molecule has 3 aromatic rings. The number of thiophene rings is 1. The Morgan fingerprint density at radius 1 is 1.16 bits per heavy atom. The van der Waals surface area contributed by atoms with Crippen LogP contribution in [0.5, 0.6) is 5.75 Å². The van der Waals surface area contributed by atoms with Crippen molar-refractivity contribution in [2.75, 3.05) is 25.1 Å². The van der Waals surface area contributed by atoms with Crippen molar-refractivity contribution in [3.05, 3.63) is 63.5 Å². The largest absolute Gasteiger partial charge is 0.487 e. The summed E-state index contributed by atoms with van der Waals surface area (Å²) in [5, 5.41) is 0. The highest BCUT2D eigenvalue weighted by Crippen LogP contribution is 2.39. The molecular weight excluding hydrogens is 448 g/mol. The molecule has 1 saturated heterocycles. The van der Waals surface area contributed by atoms with Gasteiger partial charge in [-0.3, -0.25) is 4.98 Å². The number of benzene rings is 1. The Kier molecular flexibility index (Phi) is 5.81. The Bertz CT molecular complexity index is 1150. The molecule has 0 bridgehead atoms. The summed E-state index contributed by atoms with van der Waals surface area (Å²) < 4.78 is 64.3. The summed E-state index contributed by atoms with van der Waals surface area (Å²) in [5.41, 5.74) is 1.67. The third-order valence-electron chi connectivity index (χ3n) is 4.92. The molecule has 0 saturated carbocycles. The van der Waals surface area contributed by atoms with Gasteiger partial charge in [-0.25, -0.2) is 22.4 Å². The monoisotopic (exact) mass is 466 g/mol. The number of hydrogen-bond acceptors (Lipinski definition) is 6. The first-order valence-electron chi connectivity index (χ1n) is 9.55. The van der Waals surface area contributed by atoms with Gasteiger partial charge in [-0.05, 0) is 30.7 Å². The van der Waals surface area contributed by atoms with Crippen molar-refractivity contribution in [1.82, 2.24) is 4.98 Å². The van der Waals surface area contributed by atoms with Crippen molar-refractivity contribution >= 4 is 23.0 Å². The molecule has 5 nitrogen and oxygen atoms in total. The maximum absolute atomic E-state index is 13.5. The first-order chi connectivity index (χ1) is 15.1. The van der Waals surface area contributed by atoms with E-state index in [1.54, 1.807) is 19.1 Å². The number of methoxy groups -OCH3 is 1. The number of anilines is 1. The van der Waals surface area contributed by atoms with E-state index in [0.29, 0.717) is 21.8 Å². The Morgan fingerprint density at radius 2 is 1.84 bits per heavy atom. The van der Waals surface area contributed by atoms with Crippen LogP contribution in [-0.4, -0.2) is 37.1 Å². The van der Waals surface area contributed by atoms with E-state index in [0.717, 1.165) is 23.1 Å². The molecule has 32 heavy (non-hydrogen) atoms. The van der Waals surface area contributed by atoms with Crippen LogP contribution in [0.2, 0.25) is 0 Å². The molecule has 4 rings (SSSR count). The van der Waals surface area contributed by atoms with E-state index in [2.05, 4.69) is 4.98 Å². The second kappa shape index (κ2) is 8.42. The highest BCUT2D eigenvalue weighted by Gasteiger charge is 2.44. The standard InChI is InChI=1S/C22H18F4N2O3S/c1-12-17(7-19(32-12)21(29)30-2)20-18(31-9-13-3-14(23)5-15(24)4-13)6-16(8-27-20)28-10-22(25,26)11-28/h3-8H,9-11H2,1-2H3. The number of carbonyl (C=O) groups excluding carboxylic acids is 1. The first kappa shape index (κ1) is 22.1. The number of esters is 1. The summed E-state index contributed by atoms with van der Waals surface area (Å²) in [6.07, 6.45) is 1.45. The molecule has 0 N–H and O–H groups in total. The highest BCUT2D eigenvalue weighted by molar-refractivity contribution is 7.14. The van der Waals surface area contributed by atoms with Crippen LogP contribution in [0.15, 0.2) is 36.5 Å². The molecule has 0 unspecified atom stereocenters. The third kappa shape index (κ3) is 4.55. The SMILES string of the molecule is COC(=O)c1cc(-c2ncc(N3CC(F)(F)C3)cc2OCc2cc(F)cc(F)c2)c(C)s1. The average Bonchev–Trinajstić information content (AvgIpc) is 3.10. The van der Waals surface area contributed by atoms with Gasteiger partial charge < -0.3 is 14.4 Å². The minimum atomic E-state index is -2.77. The molecule has 0 spiro atoms. The zero-order chi connectivity index (χ0) is 23.0. The predicted octanol–water partition coefficient (Wildman–Crippen LogP) is 5.22. The van der Waals surface area contributed by atoms with E-state index >= 15 is 0 Å². The van der Waals surface area contributed by atoms with Crippen LogP contribution in [0.25, 0.3) is 11.3 Å². The molecule has 1 aliphatic rings. The van der Waals surface area contributed by atoms with Crippen molar-refractivity contribution in [2.24, 2.45) is 0 Å². The molecule has 0 aliphatic carbocycles. The van der Waals surface area contributed by atoms with Crippen LogP contribution in [-0.2, 0) is 11.3 Å². The summed E-state index contributed by atoms with van der Waals surface area (Å²) >= 11 is 1.22. The lowest BCUT2D eigenvalue weighted by Gasteiger charge is -2.40. The van der Waals surface area contributed by atoms with Gasteiger partial charge in [0.15, 0.2) is 0 Å². The van der Waals surface area contributed by atoms with Crippen molar-refractivity contribution in [1.29, 1.82) is 0 Å². The molecule has 1 aliphatic heterocycles. The van der Waals surface area contributed by atoms with Crippen molar-refractivity contribution < 1.29 is 31.8 Å². The van der Waals surface area contributed by atoms with Crippen LogP contribution in [0.3, 0.4) is 0 Å². The number of aryl methyl sites for hydroxylation is 1. The Hall–Kier alpha value is -3.14. The maximum Gasteiger partial charge on any atom is 0.348 e. The van der Waals surface area contributed by atoms with Gasteiger partial charge >= 0.3 is 5.97 Å². The minimum Gasteiger partial charge on any atom is -0.487 e. The van der Waals surface area contributed by atoms with E-state index < -0.39 is 36.6 Å². The van der Waals surface area contributed by atoms with Gasteiger partial charge in [0.1, 0.15) is 34.6 Å². The number of nitrogens with zero attached hydrogens (tertiary/aromatic N) is 2. The third-order valence-corrected chi connectivity index (χ3v) is 5.95. The smallest absolute Gasteiger partial charge is 0.348 e. The second-order valence-electron chi connectivity index (χ2n) is 7.39. The molecule has 2 aromatic heterocycles. The van der Waals surface area contributed by atoms with E-state index in [1.165, 1.54) is 29.5 Å². The average molecular weight is 466 g/mol. The highest BCUT2D eigenvalue weighted by atomic mass is 32.1. The first-order valence-corrected chi connectivity index (χ1v) is 10.4. The topological polar surface area (TPSA) is 51.7 Å². The van der Waals surface area contributed by atoms with E-state index in [1.807, 2.05) is 0 Å². The molecular formula is C22H18F4N2O3S. The Balaban J connectivity index is 1.69. The molecule has 0 radical (unpaired) electrons. The fourth-order valence-electron chi connectivity index (χ4n) is 3.39. The molecule has 0 atom stereocenters. The van der Waals surface area contributed by atoms with Crippen LogP contribution in [0.4, 0.5) is 23.2 Å². The molecule has 10 heteroatoms. The van der Waals surface area contributed by atoms with Gasteiger partial charge in [-0.1, -0.05) is 0 Å². The number of alkyl halides is 2. The second-order valence-corrected chi connectivity index (χ2v) is 8.65. The number of aromatic nitrogens is 1. The van der Waals surface area contributed by atoms with Crippen LogP contribution >= 0.6 is 11.3 Å². The number of hydrogen-bond donors (Lipinski definition) is 0. The summed E-state index contributed by atoms with van der Waals surface area (Å²) in [5.74, 6) is -4.51. The van der Waals surface area contributed by atoms with Crippen molar-refractivity contribution in [3.8, 4) is 17.0 Å². The van der Waals surface area contributed by atoms with Crippen molar-refractivity contribution in [2.45, 2.75) is 19.5 Å². The molecule has 168 valence electrons. The molecule has 1 fully saturated rings. The Labute approximate surface area is 185 Å². The summed E-state index contributed by atoms with van der Waals surface area (Å²) in [7, 11) is 1.28. The lowest BCUT2D eigenvalue weighted by molar-refractivity contribution is -0.0263. The minimum absolute atomic E-state index is 0.171. The molecule has 0 amide bonds. The van der Waals surface area contributed by atoms with Gasteiger partial charge in [-0.15, -0.1) is 11.3 Å². The van der Waals surface area contributed by atoms with E-state index in [-0.39, 0.29) is 17.9 Å². The number of rotatable bonds is 6. The van der Waals surface area contributed by atoms with Gasteiger partial charge in [-0.2, -0.15) is 0 Å². The lowest BCUT2D eigenvalue weighted by Crippen LogP contribution is -2.56. The van der Waals surface area contributed by atoms with Crippen LogP contribution in [0, 0.1) is 18.6 Å². The zero-order valence-corrected chi connectivity index (χ0v) is 17.9. The number of carbonyl (C=O) groups is 1. The van der Waals surface area contributed by atoms with Crippen LogP contribution < -0.4 is 9.64 Å². The van der Waals surface area contributed by atoms with Crippen molar-refractivity contribution in [3.63, 3.8) is 0 Å². The summed E-state index contributed by atoms with van der Waals surface area (Å²) in [4.78, 5) is 18.9. The maximum atomic E-state index is 13.5. The van der Waals surface area contributed by atoms with Gasteiger partial charge in [0.25, 0.3) is 5.92 Å². The normalized spacial score (nSPS) is 14.8. The number of pyridine rings is 1. The zero-order valence-electron chi connectivity index (χ0n) is 17.1. The molecule has 1 aromatic carbocycles. The summed E-state index contributed by atoms with van der Waals surface area (Å²) in [6, 6.07) is 6.20. The van der Waals surface area contributed by atoms with E-state index in [9.17, 15) is 22.4 Å². The van der Waals surface area contributed by atoms with Gasteiger partial charge in [0.2, 0.25) is 0 Å². The lowest BCUT2D eigenvalue weighted by atomic mass is 10.1. The molecule has 3 heterocycles. The van der Waals surface area contributed by atoms with Gasteiger partial charge in [0, 0.05) is 22.6 Å². The van der Waals surface area contributed by atoms with E-state index in [4.69, 9.17) is 9.47 Å². The van der Waals surface area contributed by atoms with Crippen LogP contribution in [0.1, 0.15) is 20.1 Å². The predicted molar refractivity (Wildman–Crippen MR) is 111 cm³/mol. The fraction of sp³-hybridized carbons (Fsp3) is 0.273. The Morgan fingerprint density at radius 3 is 2.47 bits per heavy atom. The fourth-order valence-corrected chi connectivity index (χ4v) is 4.33.